The number of allylic oxidation sites excluding steroid dienone is 2. The first kappa shape index (κ1) is 67.3. The fraction of sp³-hybridized carbons (Fsp3) is 0.943. The van der Waals surface area contributed by atoms with Gasteiger partial charge in [-0.1, -0.05) is 131 Å². The summed E-state index contributed by atoms with van der Waals surface area (Å²) in [5, 5.41) is 20.4. The number of aliphatic hydroxyl groups is 2. The lowest BCUT2D eigenvalue weighted by Gasteiger charge is -2.58. The molecule has 8 heteroatoms. The zero-order valence-electron chi connectivity index (χ0n) is 53.1. The topological polar surface area (TPSA) is 58.9 Å². The number of hydrogen-bond acceptors (Lipinski definition) is 4. The third kappa shape index (κ3) is 15.1. The molecule has 0 amide bonds. The molecule has 0 heterocycles. The first-order chi connectivity index (χ1) is 36.2. The van der Waals surface area contributed by atoms with Gasteiger partial charge in [0.2, 0.25) is 0 Å². The third-order valence-electron chi connectivity index (χ3n) is 25.9. The average Bonchev–Trinajstić information content (AvgIpc) is 4.06. The molecule has 8 aliphatic rings. The molecule has 0 bridgehead atoms. The number of rotatable bonds is 29. The van der Waals surface area contributed by atoms with Crippen molar-refractivity contribution < 1.29 is 62.6 Å². The number of hydrogen-bond donors (Lipinski definition) is 2. The van der Waals surface area contributed by atoms with Crippen molar-refractivity contribution in [2.75, 3.05) is 79.8 Å². The molecule has 0 aromatic carbocycles. The fourth-order valence-corrected chi connectivity index (χ4v) is 21.0. The predicted octanol–water partition coefficient (Wildman–Crippen LogP) is 10.3. The van der Waals surface area contributed by atoms with E-state index < -0.39 is 0 Å². The highest BCUT2D eigenvalue weighted by Crippen LogP contribution is 2.69. The van der Waals surface area contributed by atoms with E-state index >= 15 is 0 Å². The maximum atomic E-state index is 10.2. The Kier molecular flexibility index (Phi) is 25.1. The van der Waals surface area contributed by atoms with Crippen LogP contribution in [0.1, 0.15) is 236 Å². The molecule has 8 rings (SSSR count). The minimum atomic E-state index is 0. The standard InChI is InChI=1S/C70H126N2O4.2BrH/c1-51(2)19-17-21-53(5)61-27-29-63-59-25-23-55-49-57(31-35-67(55,7)65(59)33-37-69(61,63)9)75-47-43-71(11,41-45-73)39-15-13-14-16-40-72(12,42-46-74)44-48-76-58-32-36-68(8)56(50-58)24-26-60-64-30-28-62(54(6)22-18-20-52(3)4)70(64,10)38-34-66(60)68;;/h23-24,51-54,57-66,73-74H,13-22,25-50H2,1-12H3;2*1H/q+2;;/p-2/t53-,54-,57+,58+,59+,60+,61-,62-,63+,64+,65+,66+,67+,68+,69-,70-,71?,72?;;/m1../s1. The molecule has 78 heavy (non-hydrogen) atoms. The van der Waals surface area contributed by atoms with Crippen molar-refractivity contribution in [3.8, 4) is 0 Å². The highest BCUT2D eigenvalue weighted by Gasteiger charge is 2.61. The Bertz CT molecular complexity index is 1760. The van der Waals surface area contributed by atoms with E-state index in [1.165, 1.54) is 154 Å². The van der Waals surface area contributed by atoms with Crippen molar-refractivity contribution in [3.63, 3.8) is 0 Å². The number of halogens is 2. The van der Waals surface area contributed by atoms with Crippen LogP contribution >= 0.6 is 0 Å². The first-order valence-corrected chi connectivity index (χ1v) is 33.7. The van der Waals surface area contributed by atoms with Gasteiger partial charge in [-0.2, -0.15) is 0 Å². The van der Waals surface area contributed by atoms with Crippen molar-refractivity contribution in [2.45, 2.75) is 248 Å². The van der Waals surface area contributed by atoms with Crippen LogP contribution < -0.4 is 34.0 Å². The predicted molar refractivity (Wildman–Crippen MR) is 320 cm³/mol. The Labute approximate surface area is 503 Å². The second-order valence-electron chi connectivity index (χ2n) is 31.5. The maximum Gasteiger partial charge on any atom is 0.102 e. The molecule has 0 aromatic heterocycles. The number of likely N-dealkylation sites (N-methyl/N-ethyl adjacent to an activating group) is 2. The van der Waals surface area contributed by atoms with Crippen LogP contribution in [0.25, 0.3) is 0 Å². The summed E-state index contributed by atoms with van der Waals surface area (Å²) in [6, 6.07) is 0. The molecular weight excluding hydrogens is 1090 g/mol. The number of aliphatic hydroxyl groups excluding tert-OH is 2. The van der Waals surface area contributed by atoms with Crippen molar-refractivity contribution in [1.82, 2.24) is 0 Å². The second-order valence-corrected chi connectivity index (χ2v) is 31.5. The lowest BCUT2D eigenvalue weighted by molar-refractivity contribution is -0.911. The van der Waals surface area contributed by atoms with E-state index in [4.69, 9.17) is 9.47 Å². The number of quaternary nitrogens is 2. The Morgan fingerprint density at radius 3 is 1.24 bits per heavy atom. The molecule has 6 nitrogen and oxygen atoms in total. The Morgan fingerprint density at radius 2 is 0.872 bits per heavy atom. The Hall–Kier alpha value is 0.200. The molecule has 0 saturated heterocycles. The smallest absolute Gasteiger partial charge is 0.102 e. The Balaban J connectivity index is 0.00000492. The molecule has 2 unspecified atom stereocenters. The third-order valence-corrected chi connectivity index (χ3v) is 25.9. The van der Waals surface area contributed by atoms with Gasteiger partial charge in [0.05, 0.1) is 65.8 Å². The van der Waals surface area contributed by atoms with Gasteiger partial charge in [0.15, 0.2) is 0 Å². The van der Waals surface area contributed by atoms with E-state index in [9.17, 15) is 10.2 Å². The van der Waals surface area contributed by atoms with Crippen molar-refractivity contribution in [3.05, 3.63) is 23.3 Å². The van der Waals surface area contributed by atoms with Crippen LogP contribution in [0.5, 0.6) is 0 Å². The molecule has 0 aliphatic heterocycles. The minimum absolute atomic E-state index is 0. The van der Waals surface area contributed by atoms with Gasteiger partial charge in [0.1, 0.15) is 26.2 Å². The lowest BCUT2D eigenvalue weighted by Crippen LogP contribution is -3.00. The molecule has 454 valence electrons. The number of nitrogens with zero attached hydrogens (tertiary/aromatic N) is 2. The largest absolute Gasteiger partial charge is 1.00 e. The van der Waals surface area contributed by atoms with Gasteiger partial charge in [-0.3, -0.25) is 0 Å². The van der Waals surface area contributed by atoms with Crippen LogP contribution in [0.4, 0.5) is 0 Å². The summed E-state index contributed by atoms with van der Waals surface area (Å²) < 4.78 is 15.4. The van der Waals surface area contributed by atoms with Gasteiger partial charge in [-0.15, -0.1) is 0 Å². The molecule has 6 saturated carbocycles. The van der Waals surface area contributed by atoms with Gasteiger partial charge in [-0.25, -0.2) is 0 Å². The molecule has 0 spiro atoms. The molecule has 8 aliphatic carbocycles. The quantitative estimate of drug-likeness (QED) is 0.0445. The summed E-state index contributed by atoms with van der Waals surface area (Å²) >= 11 is 0. The van der Waals surface area contributed by atoms with E-state index in [1.807, 2.05) is 0 Å². The van der Waals surface area contributed by atoms with Gasteiger partial charge >= 0.3 is 0 Å². The SMILES string of the molecule is CC(C)CCC[C@@H](C)[C@H]1CC[C@H]2[C@@H]3CC=C4C[C@@H](OCC[N+](C)(CCO)CCCCCC[N+](C)(CCO)CCO[C@H]5CC[C@@]6(C)C(=CC[C@H]7[C@@H]8CC[C@H]([C@H](C)CCCC(C)C)[C@@]8(C)CC[C@@H]76)C5)CC[C@]4(C)[C@H]3CC[C@]12C.[Br-].[Br-]. The van der Waals surface area contributed by atoms with E-state index in [2.05, 4.69) is 95.5 Å². The number of unbranched alkanes of at least 4 members (excludes halogenated alkanes) is 3. The van der Waals surface area contributed by atoms with Crippen LogP contribution in [-0.4, -0.2) is 111 Å². The average molecular weight is 1220 g/mol. The molecule has 0 aromatic rings. The van der Waals surface area contributed by atoms with Gasteiger partial charge in [-0.05, 0) is 221 Å². The summed E-state index contributed by atoms with van der Waals surface area (Å²) in [6.07, 6.45) is 41.1. The minimum Gasteiger partial charge on any atom is -1.00 e. The molecule has 18 atom stereocenters. The number of ether oxygens (including phenoxy) is 2. The van der Waals surface area contributed by atoms with Crippen LogP contribution in [0.3, 0.4) is 0 Å². The van der Waals surface area contributed by atoms with Crippen LogP contribution in [0.2, 0.25) is 0 Å². The normalized spacial score (nSPS) is 38.4. The lowest BCUT2D eigenvalue weighted by atomic mass is 9.47. The fourth-order valence-electron chi connectivity index (χ4n) is 21.0. The highest BCUT2D eigenvalue weighted by atomic mass is 79.9. The van der Waals surface area contributed by atoms with Gasteiger partial charge in [0, 0.05) is 0 Å². The second kappa shape index (κ2) is 29.1. The zero-order chi connectivity index (χ0) is 54.5. The van der Waals surface area contributed by atoms with Crippen molar-refractivity contribution in [2.24, 2.45) is 92.7 Å². The maximum absolute atomic E-state index is 10.2. The van der Waals surface area contributed by atoms with Crippen molar-refractivity contribution in [1.29, 1.82) is 0 Å². The van der Waals surface area contributed by atoms with Crippen LogP contribution in [0.15, 0.2) is 23.3 Å². The molecule has 0 radical (unpaired) electrons. The first-order valence-electron chi connectivity index (χ1n) is 33.7. The molecular formula is C70H126Br2N2O4. The summed E-state index contributed by atoms with van der Waals surface area (Å²) in [4.78, 5) is 0. The summed E-state index contributed by atoms with van der Waals surface area (Å²) in [6.45, 7) is 33.4. The van der Waals surface area contributed by atoms with Gasteiger partial charge < -0.3 is 62.6 Å². The zero-order valence-corrected chi connectivity index (χ0v) is 56.2. The van der Waals surface area contributed by atoms with E-state index in [-0.39, 0.29) is 47.2 Å². The highest BCUT2D eigenvalue weighted by molar-refractivity contribution is 5.27. The van der Waals surface area contributed by atoms with E-state index in [0.29, 0.717) is 33.9 Å². The monoisotopic (exact) mass is 1220 g/mol. The van der Waals surface area contributed by atoms with E-state index in [0.717, 1.165) is 145 Å². The van der Waals surface area contributed by atoms with Crippen molar-refractivity contribution >= 4 is 0 Å². The molecule has 2 N–H and O–H groups in total. The number of fused-ring (bicyclic) bond motifs is 10. The van der Waals surface area contributed by atoms with Gasteiger partial charge in [0.25, 0.3) is 0 Å². The molecule has 6 fully saturated rings. The van der Waals surface area contributed by atoms with Crippen LogP contribution in [-0.2, 0) is 9.47 Å². The summed E-state index contributed by atoms with van der Waals surface area (Å²) in [5.74, 6) is 10.6. The Morgan fingerprint density at radius 1 is 0.474 bits per heavy atom. The summed E-state index contributed by atoms with van der Waals surface area (Å²) in [5.41, 5.74) is 5.33. The summed E-state index contributed by atoms with van der Waals surface area (Å²) in [7, 11) is 4.71. The van der Waals surface area contributed by atoms with E-state index in [1.54, 1.807) is 11.1 Å². The van der Waals surface area contributed by atoms with Crippen LogP contribution in [0, 0.1) is 92.7 Å².